The van der Waals surface area contributed by atoms with Crippen LogP contribution < -0.4 is 0 Å². The number of hydrogen-bond acceptors (Lipinski definition) is 2. The van der Waals surface area contributed by atoms with Gasteiger partial charge in [0.2, 0.25) is 0 Å². The van der Waals surface area contributed by atoms with Gasteiger partial charge in [0.25, 0.3) is 0 Å². The third-order valence-electron chi connectivity index (χ3n) is 3.14. The standard InChI is InChI=1S/C13H14Cl2FN3/c1-19-7-12(17-18-19)6-13(8-14,9-15)10-2-4-11(16)5-3-10/h2-5,7H,6,8-9H2,1H3. The van der Waals surface area contributed by atoms with Gasteiger partial charge in [-0.25, -0.2) is 4.39 Å². The zero-order chi connectivity index (χ0) is 13.9. The fourth-order valence-corrected chi connectivity index (χ4v) is 2.80. The highest BCUT2D eigenvalue weighted by Crippen LogP contribution is 2.31. The van der Waals surface area contributed by atoms with Crippen molar-refractivity contribution in [2.45, 2.75) is 11.8 Å². The van der Waals surface area contributed by atoms with Gasteiger partial charge < -0.3 is 0 Å². The molecule has 0 amide bonds. The molecule has 2 rings (SSSR count). The molecule has 0 aliphatic heterocycles. The maximum Gasteiger partial charge on any atom is 0.123 e. The van der Waals surface area contributed by atoms with Crippen LogP contribution in [0.2, 0.25) is 0 Å². The third-order valence-corrected chi connectivity index (χ3v) is 4.16. The molecule has 0 atom stereocenters. The average Bonchev–Trinajstić information content (AvgIpc) is 2.82. The van der Waals surface area contributed by atoms with Crippen molar-refractivity contribution in [1.82, 2.24) is 15.0 Å². The normalized spacial score (nSPS) is 11.8. The van der Waals surface area contributed by atoms with Crippen molar-refractivity contribution in [3.05, 3.63) is 47.5 Å². The molecule has 0 saturated carbocycles. The summed E-state index contributed by atoms with van der Waals surface area (Å²) in [6, 6.07) is 6.27. The Morgan fingerprint density at radius 1 is 1.21 bits per heavy atom. The van der Waals surface area contributed by atoms with E-state index in [1.54, 1.807) is 23.9 Å². The first kappa shape index (κ1) is 14.3. The Bertz CT molecular complexity index is 535. The maximum absolute atomic E-state index is 13.0. The quantitative estimate of drug-likeness (QED) is 0.795. The van der Waals surface area contributed by atoms with Crippen LogP contribution in [-0.4, -0.2) is 26.8 Å². The number of rotatable bonds is 5. The summed E-state index contributed by atoms with van der Waals surface area (Å²) in [6.07, 6.45) is 2.40. The number of nitrogens with zero attached hydrogens (tertiary/aromatic N) is 3. The molecule has 0 aliphatic carbocycles. The van der Waals surface area contributed by atoms with Gasteiger partial charge >= 0.3 is 0 Å². The van der Waals surface area contributed by atoms with Crippen molar-refractivity contribution >= 4 is 23.2 Å². The molecular formula is C13H14Cl2FN3. The highest BCUT2D eigenvalue weighted by molar-refractivity contribution is 6.22. The summed E-state index contributed by atoms with van der Waals surface area (Å²) >= 11 is 12.2. The summed E-state index contributed by atoms with van der Waals surface area (Å²) in [5.41, 5.74) is 1.25. The molecule has 1 aromatic carbocycles. The smallest absolute Gasteiger partial charge is 0.123 e. The predicted octanol–water partition coefficient (Wildman–Crippen LogP) is 2.91. The minimum atomic E-state index is -0.465. The van der Waals surface area contributed by atoms with Crippen LogP contribution in [0.3, 0.4) is 0 Å². The summed E-state index contributed by atoms with van der Waals surface area (Å²) in [4.78, 5) is 0. The minimum Gasteiger partial charge on any atom is -0.255 e. The number of benzene rings is 1. The highest BCUT2D eigenvalue weighted by Gasteiger charge is 2.32. The molecular weight excluding hydrogens is 288 g/mol. The molecule has 0 aliphatic rings. The van der Waals surface area contributed by atoms with Gasteiger partial charge in [0.1, 0.15) is 5.82 Å². The lowest BCUT2D eigenvalue weighted by Crippen LogP contribution is -2.33. The summed E-state index contributed by atoms with van der Waals surface area (Å²) in [5, 5.41) is 7.96. The topological polar surface area (TPSA) is 30.7 Å². The number of aromatic nitrogens is 3. The van der Waals surface area contributed by atoms with E-state index in [-0.39, 0.29) is 5.82 Å². The van der Waals surface area contributed by atoms with Crippen LogP contribution in [0.15, 0.2) is 30.5 Å². The van der Waals surface area contributed by atoms with Crippen LogP contribution in [0.1, 0.15) is 11.3 Å². The lowest BCUT2D eigenvalue weighted by Gasteiger charge is -2.29. The largest absolute Gasteiger partial charge is 0.255 e. The Kier molecular flexibility index (Phi) is 4.42. The van der Waals surface area contributed by atoms with E-state index in [0.29, 0.717) is 18.2 Å². The Morgan fingerprint density at radius 2 is 1.84 bits per heavy atom. The lowest BCUT2D eigenvalue weighted by atomic mass is 9.80. The van der Waals surface area contributed by atoms with E-state index in [2.05, 4.69) is 10.3 Å². The molecule has 1 heterocycles. The van der Waals surface area contributed by atoms with Crippen molar-refractivity contribution in [3.63, 3.8) is 0 Å². The Labute approximate surface area is 121 Å². The van der Waals surface area contributed by atoms with Gasteiger partial charge in [0, 0.05) is 36.8 Å². The number of aryl methyl sites for hydroxylation is 1. The van der Waals surface area contributed by atoms with Crippen LogP contribution >= 0.6 is 23.2 Å². The van der Waals surface area contributed by atoms with Crippen LogP contribution in [-0.2, 0) is 18.9 Å². The average molecular weight is 302 g/mol. The predicted molar refractivity (Wildman–Crippen MR) is 74.2 cm³/mol. The number of alkyl halides is 2. The zero-order valence-electron chi connectivity index (χ0n) is 10.5. The molecule has 0 spiro atoms. The van der Waals surface area contributed by atoms with E-state index in [4.69, 9.17) is 23.2 Å². The van der Waals surface area contributed by atoms with Gasteiger partial charge in [-0.2, -0.15) is 0 Å². The van der Waals surface area contributed by atoms with Crippen LogP contribution in [0.25, 0.3) is 0 Å². The molecule has 0 saturated heterocycles. The molecule has 0 bridgehead atoms. The SMILES string of the molecule is Cn1cc(CC(CCl)(CCl)c2ccc(F)cc2)nn1. The van der Waals surface area contributed by atoms with Gasteiger partial charge in [-0.15, -0.1) is 28.3 Å². The summed E-state index contributed by atoms with van der Waals surface area (Å²) in [6.45, 7) is 0. The van der Waals surface area contributed by atoms with Crippen molar-refractivity contribution in [3.8, 4) is 0 Å². The molecule has 0 fully saturated rings. The van der Waals surface area contributed by atoms with Gasteiger partial charge in [-0.1, -0.05) is 17.3 Å². The van der Waals surface area contributed by atoms with Gasteiger partial charge in [0.05, 0.1) is 5.69 Å². The summed E-state index contributed by atoms with van der Waals surface area (Å²) < 4.78 is 14.7. The molecule has 1 aromatic heterocycles. The van der Waals surface area contributed by atoms with E-state index < -0.39 is 5.41 Å². The number of halogens is 3. The molecule has 102 valence electrons. The lowest BCUT2D eigenvalue weighted by molar-refractivity contribution is 0.525. The van der Waals surface area contributed by atoms with Crippen molar-refractivity contribution in [2.75, 3.05) is 11.8 Å². The second-order valence-electron chi connectivity index (χ2n) is 4.61. The first-order valence-electron chi connectivity index (χ1n) is 5.83. The van der Waals surface area contributed by atoms with Crippen molar-refractivity contribution < 1.29 is 4.39 Å². The first-order chi connectivity index (χ1) is 9.09. The van der Waals surface area contributed by atoms with E-state index >= 15 is 0 Å². The molecule has 0 N–H and O–H groups in total. The summed E-state index contributed by atoms with van der Waals surface area (Å²) in [7, 11) is 1.80. The molecule has 3 nitrogen and oxygen atoms in total. The van der Waals surface area contributed by atoms with E-state index in [1.807, 2.05) is 6.20 Å². The monoisotopic (exact) mass is 301 g/mol. The van der Waals surface area contributed by atoms with Crippen LogP contribution in [0.4, 0.5) is 4.39 Å². The second kappa shape index (κ2) is 5.88. The van der Waals surface area contributed by atoms with E-state index in [1.165, 1.54) is 12.1 Å². The Balaban J connectivity index is 2.33. The molecule has 0 unspecified atom stereocenters. The Morgan fingerprint density at radius 3 is 2.32 bits per heavy atom. The van der Waals surface area contributed by atoms with Crippen LogP contribution in [0.5, 0.6) is 0 Å². The van der Waals surface area contributed by atoms with E-state index in [9.17, 15) is 4.39 Å². The molecule has 2 aromatic rings. The van der Waals surface area contributed by atoms with Gasteiger partial charge in [-0.3, -0.25) is 4.68 Å². The summed E-state index contributed by atoms with van der Waals surface area (Å²) in [5.74, 6) is 0.388. The van der Waals surface area contributed by atoms with E-state index in [0.717, 1.165) is 11.3 Å². The molecule has 19 heavy (non-hydrogen) atoms. The Hall–Kier alpha value is -1.13. The van der Waals surface area contributed by atoms with Crippen molar-refractivity contribution in [2.24, 2.45) is 7.05 Å². The van der Waals surface area contributed by atoms with Gasteiger partial charge in [-0.05, 0) is 17.7 Å². The third kappa shape index (κ3) is 3.07. The second-order valence-corrected chi connectivity index (χ2v) is 5.15. The minimum absolute atomic E-state index is 0.277. The fourth-order valence-electron chi connectivity index (χ4n) is 2.01. The van der Waals surface area contributed by atoms with Crippen LogP contribution in [0, 0.1) is 5.82 Å². The maximum atomic E-state index is 13.0. The molecule has 6 heteroatoms. The molecule has 0 radical (unpaired) electrons. The number of hydrogen-bond donors (Lipinski definition) is 0. The highest BCUT2D eigenvalue weighted by atomic mass is 35.5. The first-order valence-corrected chi connectivity index (χ1v) is 6.90. The van der Waals surface area contributed by atoms with Crippen molar-refractivity contribution in [1.29, 1.82) is 0 Å². The zero-order valence-corrected chi connectivity index (χ0v) is 12.0. The van der Waals surface area contributed by atoms with Gasteiger partial charge in [0.15, 0.2) is 0 Å². The fraction of sp³-hybridized carbons (Fsp3) is 0.385.